The molecule has 0 radical (unpaired) electrons. The topological polar surface area (TPSA) is 223 Å². The van der Waals surface area contributed by atoms with E-state index in [4.69, 9.17) is 16.6 Å². The third kappa shape index (κ3) is 7.62. The highest BCUT2D eigenvalue weighted by atomic mass is 35.5. The predicted molar refractivity (Wildman–Crippen MR) is 130 cm³/mol. The molecule has 10 N–H and O–H groups in total. The minimum Gasteiger partial charge on any atom is -0.478 e. The number of rotatable bonds is 10. The molecule has 0 heterocycles. The van der Waals surface area contributed by atoms with Gasteiger partial charge in [-0.1, -0.05) is 12.1 Å². The van der Waals surface area contributed by atoms with Gasteiger partial charge in [-0.25, -0.2) is 9.79 Å². The zero-order valence-electron chi connectivity index (χ0n) is 18.7. The van der Waals surface area contributed by atoms with Gasteiger partial charge in [-0.3, -0.25) is 4.79 Å². The van der Waals surface area contributed by atoms with Crippen molar-refractivity contribution in [3.63, 3.8) is 0 Å². The van der Waals surface area contributed by atoms with Gasteiger partial charge >= 0.3 is 5.97 Å². The van der Waals surface area contributed by atoms with Gasteiger partial charge in [-0.15, -0.1) is 12.4 Å². The van der Waals surface area contributed by atoms with Gasteiger partial charge < -0.3 is 47.0 Å². The second kappa shape index (κ2) is 13.0. The van der Waals surface area contributed by atoms with E-state index in [1.54, 1.807) is 0 Å². The van der Waals surface area contributed by atoms with Crippen LogP contribution in [0, 0.1) is 0 Å². The van der Waals surface area contributed by atoms with Crippen molar-refractivity contribution < 1.29 is 40.2 Å². The Labute approximate surface area is 207 Å². The van der Waals surface area contributed by atoms with E-state index in [-0.39, 0.29) is 36.0 Å². The molecule has 1 amide bonds. The van der Waals surface area contributed by atoms with Gasteiger partial charge in [0.25, 0.3) is 5.91 Å². The lowest BCUT2D eigenvalue weighted by molar-refractivity contribution is -0.117. The number of carbonyl (C=O) groups is 2. The van der Waals surface area contributed by atoms with Crippen LogP contribution in [-0.2, 0) is 0 Å². The van der Waals surface area contributed by atoms with E-state index in [1.807, 2.05) is 0 Å². The van der Waals surface area contributed by atoms with Crippen molar-refractivity contribution in [2.75, 3.05) is 20.2 Å². The number of carboxylic acid groups (broad SMARTS) is 1. The van der Waals surface area contributed by atoms with Crippen LogP contribution in [0.4, 0.5) is 5.69 Å². The van der Waals surface area contributed by atoms with Crippen molar-refractivity contribution in [1.29, 1.82) is 0 Å². The molecule has 0 fully saturated rings. The second-order valence-corrected chi connectivity index (χ2v) is 7.63. The number of nitrogens with zero attached hydrogens (tertiary/aromatic N) is 2. The Bertz CT molecular complexity index is 1050. The van der Waals surface area contributed by atoms with Gasteiger partial charge in [0.1, 0.15) is 24.4 Å². The molecule has 0 saturated carbocycles. The number of guanidine groups is 1. The molecule has 12 nitrogen and oxygen atoms in total. The first-order valence-electron chi connectivity index (χ1n) is 10.1. The molecule has 2 aromatic rings. The Balaban J connectivity index is 0.00000612. The average Bonchev–Trinajstić information content (AvgIpc) is 2.81. The minimum absolute atomic E-state index is 0. The molecule has 13 heteroatoms. The molecule has 0 aliphatic heterocycles. The molecule has 0 aliphatic rings. The maximum absolute atomic E-state index is 12.7. The number of aromatic carboxylic acids is 1. The van der Waals surface area contributed by atoms with Crippen molar-refractivity contribution >= 4 is 35.9 Å². The molecule has 4 atom stereocenters. The third-order valence-electron chi connectivity index (χ3n) is 5.07. The number of aliphatic hydroxyl groups is 5. The first kappa shape index (κ1) is 29.8. The Morgan fingerprint density at radius 1 is 0.971 bits per heavy atom. The van der Waals surface area contributed by atoms with Crippen LogP contribution in [0.2, 0.25) is 0 Å². The maximum Gasteiger partial charge on any atom is 0.336 e. The summed E-state index contributed by atoms with van der Waals surface area (Å²) >= 11 is 0. The fourth-order valence-electron chi connectivity index (χ4n) is 3.22. The lowest BCUT2D eigenvalue weighted by atomic mass is 9.97. The number of halogens is 1. The Hall–Kier alpha value is -3.26. The number of amides is 1. The lowest BCUT2D eigenvalue weighted by Crippen LogP contribution is -2.49. The normalized spacial score (nSPS) is 14.1. The molecule has 0 unspecified atom stereocenters. The van der Waals surface area contributed by atoms with Gasteiger partial charge in [0.05, 0.1) is 17.9 Å². The Kier molecular flexibility index (Phi) is 11.1. The van der Waals surface area contributed by atoms with Crippen LogP contribution in [0.15, 0.2) is 47.5 Å². The molecule has 0 saturated heterocycles. The summed E-state index contributed by atoms with van der Waals surface area (Å²) in [5.74, 6) is -1.88. The molecule has 192 valence electrons. The van der Waals surface area contributed by atoms with Crippen LogP contribution in [0.1, 0.15) is 20.7 Å². The number of nitrogens with two attached hydrogens (primary N) is 2. The zero-order chi connectivity index (χ0) is 25.6. The van der Waals surface area contributed by atoms with Gasteiger partial charge in [-0.2, -0.15) is 0 Å². The maximum atomic E-state index is 12.7. The number of benzene rings is 2. The molecule has 0 bridgehead atoms. The third-order valence-corrected chi connectivity index (χ3v) is 5.07. The first-order chi connectivity index (χ1) is 16.0. The van der Waals surface area contributed by atoms with Crippen molar-refractivity contribution in [3.8, 4) is 11.1 Å². The number of hydrogen-bond acceptors (Lipinski definition) is 8. The number of hydrogen-bond donors (Lipinski definition) is 8. The lowest BCUT2D eigenvalue weighted by Gasteiger charge is -2.28. The highest BCUT2D eigenvalue weighted by molar-refractivity contribution is 5.98. The van der Waals surface area contributed by atoms with Crippen LogP contribution >= 0.6 is 12.4 Å². The largest absolute Gasteiger partial charge is 0.478 e. The molecule has 2 rings (SSSR count). The summed E-state index contributed by atoms with van der Waals surface area (Å²) in [5, 5.41) is 57.4. The Morgan fingerprint density at radius 2 is 1.54 bits per heavy atom. The standard InChI is InChI=1S/C22H28N4O8.ClH/c1-26(9-16(28)18(30)19(31)17(29)10-27)20(32)12-4-2-11(3-5-12)15-8-13(25-22(23)24)6-7-14(15)21(33)34;/h2-8,16-19,27-31H,9-10H2,1H3,(H,33,34)(H4,23,24,25);1H/t16-,17+,18+,19+;/m0./s1. The van der Waals surface area contributed by atoms with E-state index in [0.717, 1.165) is 4.90 Å². The molecule has 2 aromatic carbocycles. The van der Waals surface area contributed by atoms with Gasteiger partial charge in [0, 0.05) is 19.2 Å². The SMILES string of the molecule is CN(C[C@H](O)[C@@H](O)[C@H](O)[C@H](O)CO)C(=O)c1ccc(-c2cc(N=C(N)N)ccc2C(=O)O)cc1.Cl. The van der Waals surface area contributed by atoms with Crippen molar-refractivity contribution in [2.24, 2.45) is 16.5 Å². The van der Waals surface area contributed by atoms with E-state index in [9.17, 15) is 35.1 Å². The first-order valence-corrected chi connectivity index (χ1v) is 10.1. The predicted octanol–water partition coefficient (Wildman–Crippen LogP) is -1.11. The molecule has 0 aromatic heterocycles. The van der Waals surface area contributed by atoms with Crippen LogP contribution in [-0.4, -0.2) is 98.0 Å². The quantitative estimate of drug-likeness (QED) is 0.141. The number of likely N-dealkylation sites (N-methyl/N-ethyl adjacent to an activating group) is 1. The molecule has 0 aliphatic carbocycles. The van der Waals surface area contributed by atoms with Crippen molar-refractivity contribution in [3.05, 3.63) is 53.6 Å². The Morgan fingerprint density at radius 3 is 2.06 bits per heavy atom. The summed E-state index contributed by atoms with van der Waals surface area (Å²) in [6.45, 7) is -1.19. The van der Waals surface area contributed by atoms with Gasteiger partial charge in [0.2, 0.25) is 0 Å². The van der Waals surface area contributed by atoms with Crippen LogP contribution in [0.25, 0.3) is 11.1 Å². The van der Waals surface area contributed by atoms with Gasteiger partial charge in [-0.05, 0) is 41.5 Å². The van der Waals surface area contributed by atoms with E-state index in [1.165, 1.54) is 49.5 Å². The number of aliphatic imine (C=N–C) groups is 1. The number of aliphatic hydroxyl groups excluding tert-OH is 5. The average molecular weight is 513 g/mol. The summed E-state index contributed by atoms with van der Waals surface area (Å²) in [7, 11) is 1.36. The van der Waals surface area contributed by atoms with E-state index < -0.39 is 42.9 Å². The fourth-order valence-corrected chi connectivity index (χ4v) is 3.22. The molecular weight excluding hydrogens is 484 g/mol. The highest BCUT2D eigenvalue weighted by Crippen LogP contribution is 2.29. The van der Waals surface area contributed by atoms with Crippen molar-refractivity contribution in [2.45, 2.75) is 24.4 Å². The summed E-state index contributed by atoms with van der Waals surface area (Å²) < 4.78 is 0. The summed E-state index contributed by atoms with van der Waals surface area (Å²) in [6.07, 6.45) is -6.85. The molecule has 0 spiro atoms. The zero-order valence-corrected chi connectivity index (χ0v) is 19.5. The monoisotopic (exact) mass is 512 g/mol. The van der Waals surface area contributed by atoms with Crippen LogP contribution < -0.4 is 11.5 Å². The number of carboxylic acids is 1. The van der Waals surface area contributed by atoms with Gasteiger partial charge in [0.15, 0.2) is 5.96 Å². The highest BCUT2D eigenvalue weighted by Gasteiger charge is 2.31. The minimum atomic E-state index is -1.80. The van der Waals surface area contributed by atoms with E-state index in [2.05, 4.69) is 4.99 Å². The smallest absolute Gasteiger partial charge is 0.336 e. The van der Waals surface area contributed by atoms with Crippen molar-refractivity contribution in [1.82, 2.24) is 4.90 Å². The van der Waals surface area contributed by atoms with E-state index >= 15 is 0 Å². The fraction of sp³-hybridized carbons (Fsp3) is 0.318. The molecule has 35 heavy (non-hydrogen) atoms. The second-order valence-electron chi connectivity index (χ2n) is 7.63. The summed E-state index contributed by atoms with van der Waals surface area (Å²) in [4.78, 5) is 29.3. The van der Waals surface area contributed by atoms with E-state index in [0.29, 0.717) is 16.8 Å². The summed E-state index contributed by atoms with van der Waals surface area (Å²) in [6, 6.07) is 10.3. The van der Waals surface area contributed by atoms with Crippen LogP contribution in [0.3, 0.4) is 0 Å². The summed E-state index contributed by atoms with van der Waals surface area (Å²) in [5.41, 5.74) is 12.1. The molecular formula is C22H29ClN4O8. The number of carbonyl (C=O) groups excluding carboxylic acids is 1. The van der Waals surface area contributed by atoms with Crippen LogP contribution in [0.5, 0.6) is 0 Å².